The zero-order chi connectivity index (χ0) is 20.8. The fourth-order valence-electron chi connectivity index (χ4n) is 7.07. The second-order valence-corrected chi connectivity index (χ2v) is 9.92. The summed E-state index contributed by atoms with van der Waals surface area (Å²) in [4.78, 5) is 27.4. The molecule has 3 fully saturated rings. The number of ether oxygens (including phenoxy) is 2. The Labute approximate surface area is 176 Å². The van der Waals surface area contributed by atoms with Crippen LogP contribution in [-0.2, 0) is 26.2 Å². The molecule has 2 saturated carbocycles. The van der Waals surface area contributed by atoms with Crippen LogP contribution in [0.4, 0.5) is 0 Å². The van der Waals surface area contributed by atoms with Crippen molar-refractivity contribution in [2.24, 2.45) is 11.8 Å². The van der Waals surface area contributed by atoms with Crippen molar-refractivity contribution >= 4 is 11.8 Å². The Morgan fingerprint density at radius 2 is 2.20 bits per heavy atom. The Kier molecular flexibility index (Phi) is 3.81. The van der Waals surface area contributed by atoms with Crippen molar-refractivity contribution in [2.45, 2.75) is 69.1 Å². The number of aryl methyl sites for hydroxylation is 1. The van der Waals surface area contributed by atoms with Crippen LogP contribution in [0, 0.1) is 18.8 Å². The molecule has 0 aromatic heterocycles. The molecule has 2 aliphatic heterocycles. The highest BCUT2D eigenvalue weighted by Gasteiger charge is 2.73. The first kappa shape index (κ1) is 18.8. The third-order valence-electron chi connectivity index (χ3n) is 8.57. The summed E-state index contributed by atoms with van der Waals surface area (Å²) < 4.78 is 11.5. The van der Waals surface area contributed by atoms with Gasteiger partial charge in [-0.05, 0) is 63.1 Å². The first-order valence-electron chi connectivity index (χ1n) is 11.4. The van der Waals surface area contributed by atoms with E-state index in [0.717, 1.165) is 49.2 Å². The molecule has 0 amide bonds. The summed E-state index contributed by atoms with van der Waals surface area (Å²) in [7, 11) is 0. The third kappa shape index (κ3) is 2.16. The van der Waals surface area contributed by atoms with Gasteiger partial charge in [0, 0.05) is 24.6 Å². The molecule has 5 aliphatic rings. The quantitative estimate of drug-likeness (QED) is 0.763. The fraction of sp³-hybridized carbons (Fsp3) is 0.667. The molecule has 1 unspecified atom stereocenters. The minimum Gasteiger partial charge on any atom is -0.481 e. The number of rotatable bonds is 4. The van der Waals surface area contributed by atoms with Crippen molar-refractivity contribution in [3.8, 4) is 5.75 Å². The number of nitrogens with zero attached hydrogens (tertiary/aromatic N) is 1. The number of carbonyl (C=O) groups is 2. The summed E-state index contributed by atoms with van der Waals surface area (Å²) in [6.45, 7) is 5.91. The second-order valence-electron chi connectivity index (χ2n) is 9.92. The van der Waals surface area contributed by atoms with E-state index in [4.69, 9.17) is 9.47 Å². The summed E-state index contributed by atoms with van der Waals surface area (Å²) >= 11 is 0. The van der Waals surface area contributed by atoms with E-state index in [0.29, 0.717) is 25.4 Å². The van der Waals surface area contributed by atoms with Gasteiger partial charge in [-0.1, -0.05) is 12.1 Å². The van der Waals surface area contributed by atoms with Crippen LogP contribution in [-0.4, -0.2) is 59.2 Å². The van der Waals surface area contributed by atoms with Crippen molar-refractivity contribution < 1.29 is 24.2 Å². The lowest BCUT2D eigenvalue weighted by molar-refractivity contribution is -0.189. The number of Topliss-reactive ketones (excluding diaryl/α,β-unsaturated/α-hetero) is 1. The van der Waals surface area contributed by atoms with Gasteiger partial charge in [0.15, 0.2) is 11.9 Å². The molecule has 1 aromatic carbocycles. The molecule has 0 radical (unpaired) electrons. The summed E-state index contributed by atoms with van der Waals surface area (Å²) in [5.74, 6) is 1.17. The first-order chi connectivity index (χ1) is 14.4. The van der Waals surface area contributed by atoms with Crippen LogP contribution in [0.15, 0.2) is 12.1 Å². The Balaban J connectivity index is 1.37. The van der Waals surface area contributed by atoms with Gasteiger partial charge in [0.25, 0.3) is 0 Å². The molecule has 2 heterocycles. The van der Waals surface area contributed by atoms with Crippen LogP contribution in [0.25, 0.3) is 0 Å². The average Bonchev–Trinajstić information content (AvgIpc) is 3.39. The Morgan fingerprint density at radius 3 is 3.00 bits per heavy atom. The lowest BCUT2D eigenvalue weighted by Gasteiger charge is -2.62. The van der Waals surface area contributed by atoms with Crippen LogP contribution < -0.4 is 4.74 Å². The predicted octanol–water partition coefficient (Wildman–Crippen LogP) is 1.92. The van der Waals surface area contributed by atoms with Crippen LogP contribution in [0.2, 0.25) is 0 Å². The molecule has 1 aromatic rings. The van der Waals surface area contributed by atoms with E-state index >= 15 is 0 Å². The van der Waals surface area contributed by atoms with E-state index in [1.165, 1.54) is 5.56 Å². The van der Waals surface area contributed by atoms with Crippen molar-refractivity contribution in [2.75, 3.05) is 19.7 Å². The molecule has 30 heavy (non-hydrogen) atoms. The van der Waals surface area contributed by atoms with E-state index in [2.05, 4.69) is 17.0 Å². The number of aliphatic hydroxyl groups is 1. The number of hydrogen-bond acceptors (Lipinski definition) is 6. The zero-order valence-corrected chi connectivity index (χ0v) is 17.6. The van der Waals surface area contributed by atoms with E-state index in [1.807, 2.05) is 13.8 Å². The van der Waals surface area contributed by atoms with Gasteiger partial charge in [0.05, 0.1) is 23.5 Å². The number of piperidine rings is 1. The number of benzene rings is 1. The third-order valence-corrected chi connectivity index (χ3v) is 8.57. The minimum absolute atomic E-state index is 0.00361. The highest BCUT2D eigenvalue weighted by atomic mass is 16.5. The molecule has 6 atom stereocenters. The predicted molar refractivity (Wildman–Crippen MR) is 108 cm³/mol. The SMILES string of the molecule is CCOC(=O)[C@@H]1CC1CN1CC[C@]23c4c5ccc(C)c4O[C@H]2C(=O)CC[C@@]3(O)[C@H]1C5. The molecule has 6 heteroatoms. The van der Waals surface area contributed by atoms with Crippen LogP contribution in [0.5, 0.6) is 5.75 Å². The molecule has 3 aliphatic carbocycles. The van der Waals surface area contributed by atoms with E-state index in [-0.39, 0.29) is 23.7 Å². The van der Waals surface area contributed by atoms with Gasteiger partial charge in [-0.25, -0.2) is 0 Å². The molecule has 6 rings (SSSR count). The number of likely N-dealkylation sites (tertiary alicyclic amines) is 1. The van der Waals surface area contributed by atoms with Gasteiger partial charge < -0.3 is 14.6 Å². The number of ketones is 1. The van der Waals surface area contributed by atoms with Gasteiger partial charge >= 0.3 is 5.97 Å². The number of hydrogen-bond donors (Lipinski definition) is 1. The van der Waals surface area contributed by atoms with Crippen molar-refractivity contribution in [1.29, 1.82) is 0 Å². The number of carbonyl (C=O) groups excluding carboxylic acids is 2. The van der Waals surface area contributed by atoms with Gasteiger partial charge in [0.2, 0.25) is 0 Å². The summed E-state index contributed by atoms with van der Waals surface area (Å²) in [6.07, 6.45) is 2.65. The lowest BCUT2D eigenvalue weighted by atomic mass is 9.49. The Hall–Kier alpha value is -1.92. The van der Waals surface area contributed by atoms with Crippen molar-refractivity contribution in [3.05, 3.63) is 28.8 Å². The smallest absolute Gasteiger partial charge is 0.309 e. The van der Waals surface area contributed by atoms with Crippen LogP contribution in [0.3, 0.4) is 0 Å². The summed E-state index contributed by atoms with van der Waals surface area (Å²) in [5, 5.41) is 12.2. The maximum atomic E-state index is 12.9. The highest BCUT2D eigenvalue weighted by Crippen LogP contribution is 2.64. The normalized spacial score (nSPS) is 40.6. The van der Waals surface area contributed by atoms with E-state index < -0.39 is 17.1 Å². The molecular formula is C24H29NO5. The molecule has 1 N–H and O–H groups in total. The molecule has 6 nitrogen and oxygen atoms in total. The molecule has 2 bridgehead atoms. The maximum absolute atomic E-state index is 12.9. The molecule has 1 spiro atoms. The molecule has 1 saturated heterocycles. The lowest BCUT2D eigenvalue weighted by Crippen LogP contribution is -2.76. The van der Waals surface area contributed by atoms with E-state index in [9.17, 15) is 14.7 Å². The minimum atomic E-state index is -0.968. The monoisotopic (exact) mass is 411 g/mol. The maximum Gasteiger partial charge on any atom is 0.309 e. The molecular weight excluding hydrogens is 382 g/mol. The second kappa shape index (κ2) is 6.07. The van der Waals surface area contributed by atoms with Crippen LogP contribution in [0.1, 0.15) is 49.3 Å². The number of esters is 1. The first-order valence-corrected chi connectivity index (χ1v) is 11.4. The standard InChI is InChI=1S/C24H29NO5/c1-3-29-22(27)16-10-15(16)12-25-9-8-23-19-14-5-4-13(2)20(19)30-21(23)17(26)6-7-24(23,28)18(25)11-14/h4-5,15-16,18,21,28H,3,6-12H2,1-2H3/t15?,16-,18-,21+,23+,24-/m1/s1. The topological polar surface area (TPSA) is 76.1 Å². The van der Waals surface area contributed by atoms with Gasteiger partial charge in [0.1, 0.15) is 5.75 Å². The van der Waals surface area contributed by atoms with Gasteiger partial charge in [-0.2, -0.15) is 0 Å². The molecule has 160 valence electrons. The van der Waals surface area contributed by atoms with Gasteiger partial charge in [-0.15, -0.1) is 0 Å². The highest BCUT2D eigenvalue weighted by molar-refractivity contribution is 5.89. The fourth-order valence-corrected chi connectivity index (χ4v) is 7.07. The Morgan fingerprint density at radius 1 is 1.37 bits per heavy atom. The average molecular weight is 411 g/mol. The Bertz CT molecular complexity index is 959. The van der Waals surface area contributed by atoms with Crippen molar-refractivity contribution in [3.63, 3.8) is 0 Å². The summed E-state index contributed by atoms with van der Waals surface area (Å²) in [6, 6.07) is 4.19. The largest absolute Gasteiger partial charge is 0.481 e. The zero-order valence-electron chi connectivity index (χ0n) is 17.6. The summed E-state index contributed by atoms with van der Waals surface area (Å²) in [5.41, 5.74) is 1.77. The van der Waals surface area contributed by atoms with Gasteiger partial charge in [-0.3, -0.25) is 14.5 Å². The van der Waals surface area contributed by atoms with Crippen LogP contribution >= 0.6 is 0 Å². The van der Waals surface area contributed by atoms with Crippen molar-refractivity contribution in [1.82, 2.24) is 4.90 Å². The van der Waals surface area contributed by atoms with E-state index in [1.54, 1.807) is 0 Å².